The van der Waals surface area contributed by atoms with Gasteiger partial charge < -0.3 is 5.32 Å². The molecule has 0 radical (unpaired) electrons. The van der Waals surface area contributed by atoms with Crippen LogP contribution in [0.2, 0.25) is 0 Å². The zero-order chi connectivity index (χ0) is 11.3. The number of rotatable bonds is 5. The number of hydrogen-bond acceptors (Lipinski definition) is 5. The van der Waals surface area contributed by atoms with Gasteiger partial charge in [-0.25, -0.2) is 4.79 Å². The van der Waals surface area contributed by atoms with E-state index in [2.05, 4.69) is 15.3 Å². The summed E-state index contributed by atoms with van der Waals surface area (Å²) in [6.45, 7) is 2.59. The van der Waals surface area contributed by atoms with Crippen molar-refractivity contribution in [1.29, 1.82) is 0 Å². The van der Waals surface area contributed by atoms with E-state index in [1.807, 2.05) is 6.92 Å². The third-order valence-corrected chi connectivity index (χ3v) is 1.82. The van der Waals surface area contributed by atoms with E-state index in [-0.39, 0.29) is 11.5 Å². The smallest absolute Gasteiger partial charge is 0.346 e. The van der Waals surface area contributed by atoms with E-state index in [1.54, 1.807) is 0 Å². The Bertz CT molecular complexity index is 401. The predicted octanol–water partition coefficient (Wildman–Crippen LogP) is 0.890. The van der Waals surface area contributed by atoms with Crippen LogP contribution in [0.1, 0.15) is 19.8 Å². The Hall–Kier alpha value is -1.92. The molecule has 0 spiro atoms. The summed E-state index contributed by atoms with van der Waals surface area (Å²) in [5, 5.41) is 13.4. The summed E-state index contributed by atoms with van der Waals surface area (Å²) in [5.41, 5.74) is -0.815. The van der Waals surface area contributed by atoms with Crippen molar-refractivity contribution >= 4 is 11.5 Å². The SMILES string of the molecule is CCCCNc1[nH]c(=O)ncc1[N+](=O)[O-]. The van der Waals surface area contributed by atoms with Gasteiger partial charge in [-0.05, 0) is 6.42 Å². The fraction of sp³-hybridized carbons (Fsp3) is 0.500. The molecule has 82 valence electrons. The van der Waals surface area contributed by atoms with Crippen LogP contribution in [0, 0.1) is 10.1 Å². The van der Waals surface area contributed by atoms with Gasteiger partial charge in [0.1, 0.15) is 6.20 Å². The maximum atomic E-state index is 10.9. The molecule has 0 aliphatic heterocycles. The monoisotopic (exact) mass is 212 g/mol. The van der Waals surface area contributed by atoms with Crippen molar-refractivity contribution in [3.8, 4) is 0 Å². The fourth-order valence-electron chi connectivity index (χ4n) is 1.05. The maximum absolute atomic E-state index is 10.9. The summed E-state index contributed by atoms with van der Waals surface area (Å²) in [5.74, 6) is 0.119. The van der Waals surface area contributed by atoms with Gasteiger partial charge in [0.05, 0.1) is 4.92 Å². The lowest BCUT2D eigenvalue weighted by Crippen LogP contribution is -2.15. The minimum absolute atomic E-state index is 0.119. The zero-order valence-corrected chi connectivity index (χ0v) is 8.32. The molecule has 0 bridgehead atoms. The molecular formula is C8H12N4O3. The molecule has 0 saturated carbocycles. The van der Waals surface area contributed by atoms with Gasteiger partial charge in [0, 0.05) is 6.54 Å². The normalized spacial score (nSPS) is 9.93. The number of hydrogen-bond donors (Lipinski definition) is 2. The Morgan fingerprint density at radius 1 is 1.67 bits per heavy atom. The summed E-state index contributed by atoms with van der Waals surface area (Å²) >= 11 is 0. The van der Waals surface area contributed by atoms with Crippen molar-refractivity contribution in [3.05, 3.63) is 26.8 Å². The van der Waals surface area contributed by atoms with Gasteiger partial charge in [-0.15, -0.1) is 0 Å². The number of anilines is 1. The minimum atomic E-state index is -0.598. The molecule has 0 aromatic carbocycles. The van der Waals surface area contributed by atoms with Crippen molar-refractivity contribution in [2.24, 2.45) is 0 Å². The largest absolute Gasteiger partial charge is 0.366 e. The van der Waals surface area contributed by atoms with E-state index < -0.39 is 10.6 Å². The second-order valence-electron chi connectivity index (χ2n) is 2.99. The van der Waals surface area contributed by atoms with Crippen LogP contribution in [0.4, 0.5) is 11.5 Å². The summed E-state index contributed by atoms with van der Waals surface area (Å²) in [7, 11) is 0. The van der Waals surface area contributed by atoms with Crippen molar-refractivity contribution < 1.29 is 4.92 Å². The van der Waals surface area contributed by atoms with Crippen LogP contribution in [0.25, 0.3) is 0 Å². The summed E-state index contributed by atoms with van der Waals surface area (Å²) in [4.78, 5) is 26.4. The number of H-pyrrole nitrogens is 1. The molecule has 0 fully saturated rings. The van der Waals surface area contributed by atoms with Gasteiger partial charge in [-0.3, -0.25) is 15.1 Å². The molecule has 15 heavy (non-hydrogen) atoms. The van der Waals surface area contributed by atoms with E-state index in [9.17, 15) is 14.9 Å². The van der Waals surface area contributed by atoms with Gasteiger partial charge in [0.15, 0.2) is 5.82 Å². The molecule has 0 atom stereocenters. The third-order valence-electron chi connectivity index (χ3n) is 1.82. The quantitative estimate of drug-likeness (QED) is 0.428. The molecule has 0 unspecified atom stereocenters. The average molecular weight is 212 g/mol. The minimum Gasteiger partial charge on any atom is -0.366 e. The van der Waals surface area contributed by atoms with Crippen molar-refractivity contribution in [2.75, 3.05) is 11.9 Å². The molecule has 2 N–H and O–H groups in total. The number of unbranched alkanes of at least 4 members (excludes halogenated alkanes) is 1. The topological polar surface area (TPSA) is 101 Å². The molecule has 0 saturated heterocycles. The molecule has 1 aromatic heterocycles. The fourth-order valence-corrected chi connectivity index (χ4v) is 1.05. The molecule has 0 amide bonds. The highest BCUT2D eigenvalue weighted by Crippen LogP contribution is 2.17. The Morgan fingerprint density at radius 3 is 3.00 bits per heavy atom. The van der Waals surface area contributed by atoms with Crippen LogP contribution in [0.15, 0.2) is 11.0 Å². The van der Waals surface area contributed by atoms with Crippen LogP contribution >= 0.6 is 0 Å². The molecular weight excluding hydrogens is 200 g/mol. The second-order valence-corrected chi connectivity index (χ2v) is 2.99. The molecule has 1 aromatic rings. The van der Waals surface area contributed by atoms with Crippen molar-refractivity contribution in [3.63, 3.8) is 0 Å². The Balaban J connectivity index is 2.87. The van der Waals surface area contributed by atoms with Crippen LogP contribution in [-0.2, 0) is 0 Å². The van der Waals surface area contributed by atoms with E-state index in [0.717, 1.165) is 19.0 Å². The van der Waals surface area contributed by atoms with Crippen LogP contribution in [-0.4, -0.2) is 21.4 Å². The summed E-state index contributed by atoms with van der Waals surface area (Å²) in [6, 6.07) is 0. The lowest BCUT2D eigenvalue weighted by Gasteiger charge is -2.04. The van der Waals surface area contributed by atoms with Crippen LogP contribution < -0.4 is 11.0 Å². The van der Waals surface area contributed by atoms with Crippen molar-refractivity contribution in [2.45, 2.75) is 19.8 Å². The lowest BCUT2D eigenvalue weighted by molar-refractivity contribution is -0.384. The number of nitro groups is 1. The zero-order valence-electron chi connectivity index (χ0n) is 8.32. The summed E-state index contributed by atoms with van der Waals surface area (Å²) in [6.07, 6.45) is 2.80. The second kappa shape index (κ2) is 5.08. The third kappa shape index (κ3) is 3.04. The summed E-state index contributed by atoms with van der Waals surface area (Å²) < 4.78 is 0. The highest BCUT2D eigenvalue weighted by molar-refractivity contribution is 5.53. The molecule has 0 aliphatic carbocycles. The highest BCUT2D eigenvalue weighted by atomic mass is 16.6. The number of nitrogens with zero attached hydrogens (tertiary/aromatic N) is 2. The lowest BCUT2D eigenvalue weighted by atomic mass is 10.3. The van der Waals surface area contributed by atoms with Gasteiger partial charge in [0.25, 0.3) is 0 Å². The number of aromatic amines is 1. The first-order valence-corrected chi connectivity index (χ1v) is 4.62. The van der Waals surface area contributed by atoms with Gasteiger partial charge in [-0.1, -0.05) is 13.3 Å². The molecule has 7 heteroatoms. The van der Waals surface area contributed by atoms with E-state index in [0.29, 0.717) is 6.54 Å². The molecule has 1 heterocycles. The Morgan fingerprint density at radius 2 is 2.40 bits per heavy atom. The molecule has 1 rings (SSSR count). The van der Waals surface area contributed by atoms with E-state index in [1.165, 1.54) is 0 Å². The number of aromatic nitrogens is 2. The molecule has 0 aliphatic rings. The number of nitrogens with one attached hydrogen (secondary N) is 2. The van der Waals surface area contributed by atoms with Gasteiger partial charge in [0.2, 0.25) is 0 Å². The van der Waals surface area contributed by atoms with Crippen molar-refractivity contribution in [1.82, 2.24) is 9.97 Å². The Kier molecular flexibility index (Phi) is 3.78. The van der Waals surface area contributed by atoms with Gasteiger partial charge in [-0.2, -0.15) is 4.98 Å². The van der Waals surface area contributed by atoms with E-state index in [4.69, 9.17) is 0 Å². The van der Waals surface area contributed by atoms with E-state index >= 15 is 0 Å². The first-order valence-electron chi connectivity index (χ1n) is 4.62. The van der Waals surface area contributed by atoms with Crippen LogP contribution in [0.5, 0.6) is 0 Å². The highest BCUT2D eigenvalue weighted by Gasteiger charge is 2.14. The van der Waals surface area contributed by atoms with Crippen LogP contribution in [0.3, 0.4) is 0 Å². The van der Waals surface area contributed by atoms with Gasteiger partial charge >= 0.3 is 11.4 Å². The first-order chi connectivity index (χ1) is 7.15. The standard InChI is InChI=1S/C8H12N4O3/c1-2-3-4-9-7-6(12(14)15)5-10-8(13)11-7/h5H,2-4H2,1H3,(H2,9,10,11,13). The average Bonchev–Trinajstić information content (AvgIpc) is 2.18. The Labute approximate surface area is 85.7 Å². The maximum Gasteiger partial charge on any atom is 0.346 e. The molecule has 7 nitrogen and oxygen atoms in total. The first kappa shape index (κ1) is 11.2. The predicted molar refractivity (Wildman–Crippen MR) is 54.9 cm³/mol.